The maximum Gasteiger partial charge on any atom is 0.139 e. The van der Waals surface area contributed by atoms with Gasteiger partial charge in [0.05, 0.1) is 13.2 Å². The number of hydrogen-bond donors (Lipinski definition) is 1. The maximum atomic E-state index is 9.86. The van der Waals surface area contributed by atoms with E-state index in [-0.39, 0.29) is 18.4 Å². The Morgan fingerprint density at radius 2 is 2.08 bits per heavy atom. The minimum Gasteiger partial charge on any atom is -0.380 e. The van der Waals surface area contributed by atoms with E-state index in [1.54, 1.807) is 12.1 Å². The molecule has 0 unspecified atom stereocenters. The number of pyridine rings is 1. The topological polar surface area (TPSA) is 42.4 Å². The molecule has 0 amide bonds. The summed E-state index contributed by atoms with van der Waals surface area (Å²) >= 11 is 11.4. The van der Waals surface area contributed by atoms with Crippen LogP contribution in [0.3, 0.4) is 0 Å². The van der Waals surface area contributed by atoms with Gasteiger partial charge in [-0.25, -0.2) is 4.98 Å². The van der Waals surface area contributed by atoms with Crippen LogP contribution in [0.1, 0.15) is 5.56 Å². The molecule has 13 heavy (non-hydrogen) atoms. The van der Waals surface area contributed by atoms with Crippen molar-refractivity contribution in [1.82, 2.24) is 4.98 Å². The maximum absolute atomic E-state index is 9.86. The van der Waals surface area contributed by atoms with Crippen molar-refractivity contribution < 1.29 is 9.84 Å². The van der Waals surface area contributed by atoms with Gasteiger partial charge in [-0.1, -0.05) is 23.2 Å². The molecule has 0 saturated carbocycles. The number of aromatic nitrogens is 1. The molecule has 5 heteroatoms. The van der Waals surface area contributed by atoms with Gasteiger partial charge >= 0.3 is 0 Å². The molecular weight excluding hydrogens is 213 g/mol. The number of hydrogen-bond acceptors (Lipinski definition) is 3. The molecule has 1 fully saturated rings. The van der Waals surface area contributed by atoms with Crippen LogP contribution in [-0.2, 0) is 10.3 Å². The van der Waals surface area contributed by atoms with E-state index in [0.29, 0.717) is 10.7 Å². The van der Waals surface area contributed by atoms with Gasteiger partial charge in [-0.3, -0.25) is 0 Å². The first kappa shape index (κ1) is 9.21. The SMILES string of the molecule is OC1(c2ccc(Cl)nc2Cl)COC1. The highest BCUT2D eigenvalue weighted by atomic mass is 35.5. The Hall–Kier alpha value is -0.350. The van der Waals surface area contributed by atoms with Crippen LogP contribution in [0, 0.1) is 0 Å². The van der Waals surface area contributed by atoms with Gasteiger partial charge in [0.25, 0.3) is 0 Å². The normalized spacial score (nSPS) is 19.6. The molecule has 70 valence electrons. The average molecular weight is 220 g/mol. The zero-order valence-corrected chi connectivity index (χ0v) is 8.14. The molecule has 1 N–H and O–H groups in total. The third kappa shape index (κ3) is 1.53. The summed E-state index contributed by atoms with van der Waals surface area (Å²) in [7, 11) is 0. The molecule has 1 aromatic rings. The fourth-order valence-corrected chi connectivity index (χ4v) is 1.73. The quantitative estimate of drug-likeness (QED) is 0.731. The number of rotatable bonds is 1. The lowest BCUT2D eigenvalue weighted by Gasteiger charge is -2.36. The standard InChI is InChI=1S/C8H7Cl2NO2/c9-6-2-1-5(7(10)11-6)8(12)3-13-4-8/h1-2,12H,3-4H2. The highest BCUT2D eigenvalue weighted by molar-refractivity contribution is 6.32. The van der Waals surface area contributed by atoms with E-state index in [0.717, 1.165) is 0 Å². The molecule has 1 saturated heterocycles. The number of halogens is 2. The minimum absolute atomic E-state index is 0.235. The van der Waals surface area contributed by atoms with Gasteiger partial charge in [-0.2, -0.15) is 0 Å². The van der Waals surface area contributed by atoms with Crippen LogP contribution in [0.4, 0.5) is 0 Å². The Labute approximate surface area is 85.3 Å². The highest BCUT2D eigenvalue weighted by Gasteiger charge is 2.40. The van der Waals surface area contributed by atoms with E-state index in [1.165, 1.54) is 0 Å². The molecule has 0 aromatic carbocycles. The van der Waals surface area contributed by atoms with Crippen molar-refractivity contribution in [3.8, 4) is 0 Å². The predicted molar refractivity (Wildman–Crippen MR) is 49.0 cm³/mol. The molecule has 0 radical (unpaired) electrons. The van der Waals surface area contributed by atoms with E-state index in [4.69, 9.17) is 27.9 Å². The second-order valence-electron chi connectivity index (χ2n) is 3.00. The Kier molecular flexibility index (Phi) is 2.20. The van der Waals surface area contributed by atoms with Crippen molar-refractivity contribution in [3.63, 3.8) is 0 Å². The van der Waals surface area contributed by atoms with E-state index in [9.17, 15) is 5.11 Å². The van der Waals surface area contributed by atoms with Crippen molar-refractivity contribution in [2.75, 3.05) is 13.2 Å². The Morgan fingerprint density at radius 3 is 2.54 bits per heavy atom. The highest BCUT2D eigenvalue weighted by Crippen LogP contribution is 2.33. The van der Waals surface area contributed by atoms with Crippen LogP contribution in [-0.4, -0.2) is 23.3 Å². The van der Waals surface area contributed by atoms with E-state index in [2.05, 4.69) is 4.98 Å². The van der Waals surface area contributed by atoms with E-state index in [1.807, 2.05) is 0 Å². The lowest BCUT2D eigenvalue weighted by molar-refractivity contribution is -0.184. The zero-order valence-electron chi connectivity index (χ0n) is 6.63. The largest absolute Gasteiger partial charge is 0.380 e. The molecule has 2 heterocycles. The van der Waals surface area contributed by atoms with Crippen molar-refractivity contribution in [1.29, 1.82) is 0 Å². The van der Waals surface area contributed by atoms with Crippen LogP contribution in [0.5, 0.6) is 0 Å². The van der Waals surface area contributed by atoms with Crippen LogP contribution in [0.2, 0.25) is 10.3 Å². The van der Waals surface area contributed by atoms with Gasteiger partial charge in [0.2, 0.25) is 0 Å². The van der Waals surface area contributed by atoms with Crippen LogP contribution in [0.25, 0.3) is 0 Å². The fraction of sp³-hybridized carbons (Fsp3) is 0.375. The Morgan fingerprint density at radius 1 is 1.38 bits per heavy atom. The Bertz CT molecular complexity index is 339. The average Bonchev–Trinajstić information content (AvgIpc) is 2.00. The molecule has 3 nitrogen and oxygen atoms in total. The van der Waals surface area contributed by atoms with Gasteiger partial charge < -0.3 is 9.84 Å². The monoisotopic (exact) mass is 219 g/mol. The van der Waals surface area contributed by atoms with Crippen molar-refractivity contribution >= 4 is 23.2 Å². The molecule has 0 aliphatic carbocycles. The third-order valence-corrected chi connectivity index (χ3v) is 2.50. The molecule has 1 aliphatic rings. The first-order chi connectivity index (χ1) is 6.12. The fourth-order valence-electron chi connectivity index (χ4n) is 1.21. The van der Waals surface area contributed by atoms with E-state index < -0.39 is 5.60 Å². The van der Waals surface area contributed by atoms with Gasteiger partial charge in [-0.15, -0.1) is 0 Å². The molecule has 0 spiro atoms. The molecule has 0 bridgehead atoms. The molecule has 1 aliphatic heterocycles. The van der Waals surface area contributed by atoms with Crippen LogP contribution < -0.4 is 0 Å². The summed E-state index contributed by atoms with van der Waals surface area (Å²) in [5.74, 6) is 0. The first-order valence-electron chi connectivity index (χ1n) is 3.74. The summed E-state index contributed by atoms with van der Waals surface area (Å²) < 4.78 is 4.91. The lowest BCUT2D eigenvalue weighted by Crippen LogP contribution is -2.46. The smallest absolute Gasteiger partial charge is 0.139 e. The number of ether oxygens (including phenoxy) is 1. The Balaban J connectivity index is 2.40. The van der Waals surface area contributed by atoms with Crippen LogP contribution >= 0.6 is 23.2 Å². The van der Waals surface area contributed by atoms with Crippen molar-refractivity contribution in [2.45, 2.75) is 5.60 Å². The lowest BCUT2D eigenvalue weighted by atomic mass is 9.94. The first-order valence-corrected chi connectivity index (χ1v) is 4.50. The molecule has 0 atom stereocenters. The van der Waals surface area contributed by atoms with Gasteiger partial charge in [0, 0.05) is 5.56 Å². The van der Waals surface area contributed by atoms with Crippen molar-refractivity contribution in [3.05, 3.63) is 28.0 Å². The zero-order chi connectivity index (χ0) is 9.47. The second kappa shape index (κ2) is 3.10. The molecule has 2 rings (SSSR count). The summed E-state index contributed by atoms with van der Waals surface area (Å²) in [6, 6.07) is 3.26. The molecular formula is C8H7Cl2NO2. The summed E-state index contributed by atoms with van der Waals surface area (Å²) in [5.41, 5.74) is -0.404. The van der Waals surface area contributed by atoms with Gasteiger partial charge in [0.15, 0.2) is 0 Å². The van der Waals surface area contributed by atoms with E-state index >= 15 is 0 Å². The third-order valence-electron chi connectivity index (χ3n) is 2.00. The minimum atomic E-state index is -0.978. The number of nitrogens with zero attached hydrogens (tertiary/aromatic N) is 1. The van der Waals surface area contributed by atoms with Gasteiger partial charge in [0.1, 0.15) is 15.9 Å². The summed E-state index contributed by atoms with van der Waals surface area (Å²) in [6.45, 7) is 0.520. The number of aliphatic hydroxyl groups is 1. The summed E-state index contributed by atoms with van der Waals surface area (Å²) in [5, 5.41) is 10.4. The van der Waals surface area contributed by atoms with Gasteiger partial charge in [-0.05, 0) is 12.1 Å². The summed E-state index contributed by atoms with van der Waals surface area (Å²) in [6.07, 6.45) is 0. The summed E-state index contributed by atoms with van der Waals surface area (Å²) in [4.78, 5) is 3.84. The van der Waals surface area contributed by atoms with Crippen molar-refractivity contribution in [2.24, 2.45) is 0 Å². The molecule has 1 aromatic heterocycles. The van der Waals surface area contributed by atoms with Crippen LogP contribution in [0.15, 0.2) is 12.1 Å². The predicted octanol–water partition coefficient (Wildman–Crippen LogP) is 1.61. The second-order valence-corrected chi connectivity index (χ2v) is 3.74.